The van der Waals surface area contributed by atoms with Gasteiger partial charge >= 0.3 is 0 Å². The molecule has 9 heavy (non-hydrogen) atoms. The van der Waals surface area contributed by atoms with Crippen molar-refractivity contribution in [1.82, 2.24) is 10.6 Å². The van der Waals surface area contributed by atoms with Gasteiger partial charge in [0.15, 0.2) is 0 Å². The standard InChI is InChI=1S/C6H14N2O/c1-6(9)3-4-8-5-7-2/h7-8H,3-5H2,1-2H3. The topological polar surface area (TPSA) is 41.1 Å². The number of Topliss-reactive ketones (excluding diaryl/α,β-unsaturated/α-hetero) is 1. The van der Waals surface area contributed by atoms with Crippen LogP contribution in [-0.4, -0.2) is 26.0 Å². The van der Waals surface area contributed by atoms with Crippen LogP contribution in [0.1, 0.15) is 13.3 Å². The molecule has 0 saturated heterocycles. The van der Waals surface area contributed by atoms with Crippen molar-refractivity contribution in [2.45, 2.75) is 13.3 Å². The normalized spacial score (nSPS) is 9.56. The first-order valence-corrected chi connectivity index (χ1v) is 3.12. The van der Waals surface area contributed by atoms with Crippen LogP contribution in [-0.2, 0) is 4.79 Å². The first kappa shape index (κ1) is 8.59. The van der Waals surface area contributed by atoms with Crippen LogP contribution in [0.25, 0.3) is 0 Å². The van der Waals surface area contributed by atoms with Crippen molar-refractivity contribution in [3.8, 4) is 0 Å². The molecule has 0 aliphatic heterocycles. The minimum absolute atomic E-state index is 0.235. The van der Waals surface area contributed by atoms with Crippen LogP contribution >= 0.6 is 0 Å². The summed E-state index contributed by atoms with van der Waals surface area (Å²) in [6, 6.07) is 0. The zero-order chi connectivity index (χ0) is 7.11. The number of nitrogens with one attached hydrogen (secondary N) is 2. The third-order valence-corrected chi connectivity index (χ3v) is 0.956. The molecule has 0 radical (unpaired) electrons. The number of carbonyl (C=O) groups excluding carboxylic acids is 1. The zero-order valence-electron chi connectivity index (χ0n) is 6.03. The van der Waals surface area contributed by atoms with Gasteiger partial charge < -0.3 is 10.6 Å². The van der Waals surface area contributed by atoms with E-state index >= 15 is 0 Å². The fraction of sp³-hybridized carbons (Fsp3) is 0.833. The maximum atomic E-state index is 10.3. The summed E-state index contributed by atoms with van der Waals surface area (Å²) in [5.74, 6) is 0.235. The maximum absolute atomic E-state index is 10.3. The molecule has 54 valence electrons. The highest BCUT2D eigenvalue weighted by Crippen LogP contribution is 1.75. The average Bonchev–Trinajstić information content (AvgIpc) is 1.80. The summed E-state index contributed by atoms with van der Waals surface area (Å²) in [5, 5.41) is 5.95. The predicted molar refractivity (Wildman–Crippen MR) is 37.2 cm³/mol. The van der Waals surface area contributed by atoms with E-state index in [-0.39, 0.29) is 5.78 Å². The lowest BCUT2D eigenvalue weighted by Crippen LogP contribution is -2.27. The van der Waals surface area contributed by atoms with E-state index in [1.165, 1.54) is 0 Å². The van der Waals surface area contributed by atoms with E-state index in [0.29, 0.717) is 6.42 Å². The van der Waals surface area contributed by atoms with Gasteiger partial charge in [-0.1, -0.05) is 0 Å². The number of ketones is 1. The van der Waals surface area contributed by atoms with E-state index < -0.39 is 0 Å². The fourth-order valence-electron chi connectivity index (χ4n) is 0.478. The van der Waals surface area contributed by atoms with Crippen LogP contribution in [0.5, 0.6) is 0 Å². The van der Waals surface area contributed by atoms with Crippen molar-refractivity contribution in [3.63, 3.8) is 0 Å². The molecule has 0 fully saturated rings. The van der Waals surface area contributed by atoms with Crippen LogP contribution in [0.4, 0.5) is 0 Å². The number of hydrogen-bond donors (Lipinski definition) is 2. The Morgan fingerprint density at radius 3 is 2.67 bits per heavy atom. The first-order valence-electron chi connectivity index (χ1n) is 3.12. The van der Waals surface area contributed by atoms with Gasteiger partial charge in [-0.25, -0.2) is 0 Å². The predicted octanol–water partition coefficient (Wildman–Crippen LogP) is -0.268. The summed E-state index contributed by atoms with van der Waals surface area (Å²) in [6.45, 7) is 3.14. The molecule has 0 aromatic heterocycles. The number of carbonyl (C=O) groups is 1. The molecule has 0 amide bonds. The van der Waals surface area contributed by atoms with Crippen molar-refractivity contribution in [2.75, 3.05) is 20.3 Å². The van der Waals surface area contributed by atoms with Crippen LogP contribution in [0, 0.1) is 0 Å². The summed E-state index contributed by atoms with van der Waals surface area (Å²) in [6.07, 6.45) is 0.627. The third-order valence-electron chi connectivity index (χ3n) is 0.956. The Morgan fingerprint density at radius 1 is 1.56 bits per heavy atom. The van der Waals surface area contributed by atoms with E-state index in [1.807, 2.05) is 7.05 Å². The molecular formula is C6H14N2O. The van der Waals surface area contributed by atoms with E-state index in [0.717, 1.165) is 13.2 Å². The minimum Gasteiger partial charge on any atom is -0.308 e. The van der Waals surface area contributed by atoms with Gasteiger partial charge in [-0.05, 0) is 14.0 Å². The number of hydrogen-bond acceptors (Lipinski definition) is 3. The molecule has 0 aromatic rings. The lowest BCUT2D eigenvalue weighted by Gasteiger charge is -1.99. The van der Waals surface area contributed by atoms with E-state index in [4.69, 9.17) is 0 Å². The Labute approximate surface area is 55.8 Å². The van der Waals surface area contributed by atoms with E-state index in [1.54, 1.807) is 6.92 Å². The second-order valence-electron chi connectivity index (χ2n) is 1.98. The lowest BCUT2D eigenvalue weighted by atomic mass is 10.3. The van der Waals surface area contributed by atoms with Gasteiger partial charge in [-0.2, -0.15) is 0 Å². The highest BCUT2D eigenvalue weighted by molar-refractivity contribution is 5.75. The number of rotatable bonds is 5. The van der Waals surface area contributed by atoms with Gasteiger partial charge in [0.2, 0.25) is 0 Å². The van der Waals surface area contributed by atoms with Crippen LogP contribution in [0.15, 0.2) is 0 Å². The highest BCUT2D eigenvalue weighted by Gasteiger charge is 1.89. The summed E-state index contributed by atoms with van der Waals surface area (Å²) >= 11 is 0. The Balaban J connectivity index is 2.83. The van der Waals surface area contributed by atoms with Crippen molar-refractivity contribution in [1.29, 1.82) is 0 Å². The van der Waals surface area contributed by atoms with Crippen molar-refractivity contribution in [3.05, 3.63) is 0 Å². The molecule has 0 bridgehead atoms. The summed E-state index contributed by atoms with van der Waals surface area (Å²) < 4.78 is 0. The molecular weight excluding hydrogens is 116 g/mol. The van der Waals surface area contributed by atoms with E-state index in [9.17, 15) is 4.79 Å². The molecule has 2 N–H and O–H groups in total. The second kappa shape index (κ2) is 5.72. The molecule has 0 unspecified atom stereocenters. The summed E-state index contributed by atoms with van der Waals surface area (Å²) in [5.41, 5.74) is 0. The SMILES string of the molecule is CNCNCCC(C)=O. The molecule has 0 rings (SSSR count). The Kier molecular flexibility index (Phi) is 5.46. The Bertz CT molecular complexity index is 83.1. The van der Waals surface area contributed by atoms with Crippen LogP contribution < -0.4 is 10.6 Å². The van der Waals surface area contributed by atoms with Crippen molar-refractivity contribution < 1.29 is 4.79 Å². The molecule has 0 aliphatic carbocycles. The van der Waals surface area contributed by atoms with Gasteiger partial charge in [0.05, 0.1) is 0 Å². The first-order chi connectivity index (χ1) is 4.27. The quantitative estimate of drug-likeness (QED) is 0.397. The van der Waals surface area contributed by atoms with Gasteiger partial charge in [0, 0.05) is 19.6 Å². The fourth-order valence-corrected chi connectivity index (χ4v) is 0.478. The molecule has 0 aromatic carbocycles. The molecule has 0 heterocycles. The van der Waals surface area contributed by atoms with Crippen LogP contribution in [0.3, 0.4) is 0 Å². The summed E-state index contributed by atoms with van der Waals surface area (Å²) in [4.78, 5) is 10.3. The molecule has 0 atom stereocenters. The molecule has 0 spiro atoms. The highest BCUT2D eigenvalue weighted by atomic mass is 16.1. The van der Waals surface area contributed by atoms with Crippen molar-refractivity contribution in [2.24, 2.45) is 0 Å². The van der Waals surface area contributed by atoms with Gasteiger partial charge in [-0.3, -0.25) is 4.79 Å². The average molecular weight is 130 g/mol. The monoisotopic (exact) mass is 130 g/mol. The third kappa shape index (κ3) is 7.59. The minimum atomic E-state index is 0.235. The molecule has 0 aliphatic rings. The van der Waals surface area contributed by atoms with Crippen molar-refractivity contribution >= 4 is 5.78 Å². The molecule has 3 nitrogen and oxygen atoms in total. The van der Waals surface area contributed by atoms with Gasteiger partial charge in [-0.15, -0.1) is 0 Å². The molecule has 0 saturated carbocycles. The zero-order valence-corrected chi connectivity index (χ0v) is 6.03. The Hall–Kier alpha value is -0.410. The summed E-state index contributed by atoms with van der Waals surface area (Å²) in [7, 11) is 1.86. The van der Waals surface area contributed by atoms with E-state index in [2.05, 4.69) is 10.6 Å². The molecule has 3 heteroatoms. The largest absolute Gasteiger partial charge is 0.308 e. The Morgan fingerprint density at radius 2 is 2.22 bits per heavy atom. The van der Waals surface area contributed by atoms with Crippen LogP contribution in [0.2, 0.25) is 0 Å². The second-order valence-corrected chi connectivity index (χ2v) is 1.98. The smallest absolute Gasteiger partial charge is 0.131 e. The van der Waals surface area contributed by atoms with Gasteiger partial charge in [0.25, 0.3) is 0 Å². The lowest BCUT2D eigenvalue weighted by molar-refractivity contribution is -0.116. The maximum Gasteiger partial charge on any atom is 0.131 e. The van der Waals surface area contributed by atoms with Gasteiger partial charge in [0.1, 0.15) is 5.78 Å².